The number of nitrogens with one attached hydrogen (secondary N) is 1. The van der Waals surface area contributed by atoms with Crippen LogP contribution in [0.4, 0.5) is 0 Å². The molecule has 2 atom stereocenters. The number of hydrogen-bond donors (Lipinski definition) is 2. The van der Waals surface area contributed by atoms with E-state index in [-0.39, 0.29) is 18.7 Å². The van der Waals surface area contributed by atoms with Crippen LogP contribution in [0.2, 0.25) is 0 Å². The average molecular weight is 209 g/mol. The van der Waals surface area contributed by atoms with Crippen molar-refractivity contribution in [3.05, 3.63) is 29.8 Å². The van der Waals surface area contributed by atoms with Gasteiger partial charge in [0, 0.05) is 12.1 Å². The van der Waals surface area contributed by atoms with Gasteiger partial charge < -0.3 is 15.2 Å². The van der Waals surface area contributed by atoms with E-state index in [0.717, 1.165) is 11.3 Å². The van der Waals surface area contributed by atoms with Crippen LogP contribution in [0, 0.1) is 0 Å². The molecule has 0 amide bonds. The molecule has 0 fully saturated rings. The highest BCUT2D eigenvalue weighted by atomic mass is 16.5. The molecule has 2 unspecified atom stereocenters. The molecule has 84 valence electrons. The van der Waals surface area contributed by atoms with E-state index in [2.05, 4.69) is 12.2 Å². The predicted molar refractivity (Wildman–Crippen MR) is 61.1 cm³/mol. The number of aliphatic hydroxyl groups excluding tert-OH is 1. The maximum Gasteiger partial charge on any atom is 0.119 e. The lowest BCUT2D eigenvalue weighted by molar-refractivity contribution is 0.243. The zero-order chi connectivity index (χ0) is 11.3. The Labute approximate surface area is 91.1 Å². The Balaban J connectivity index is 2.68. The molecule has 1 rings (SSSR count). The van der Waals surface area contributed by atoms with Crippen LogP contribution >= 0.6 is 0 Å². The lowest BCUT2D eigenvalue weighted by atomic mass is 10.1. The minimum Gasteiger partial charge on any atom is -0.497 e. The second-order valence-corrected chi connectivity index (χ2v) is 3.75. The zero-order valence-electron chi connectivity index (χ0n) is 9.53. The largest absolute Gasteiger partial charge is 0.497 e. The molecule has 3 nitrogen and oxygen atoms in total. The second kappa shape index (κ2) is 5.73. The van der Waals surface area contributed by atoms with Crippen LogP contribution in [0.25, 0.3) is 0 Å². The van der Waals surface area contributed by atoms with Crippen molar-refractivity contribution in [3.8, 4) is 5.75 Å². The van der Waals surface area contributed by atoms with E-state index in [4.69, 9.17) is 9.84 Å². The highest BCUT2D eigenvalue weighted by Crippen LogP contribution is 2.18. The highest BCUT2D eigenvalue weighted by Gasteiger charge is 2.08. The molecule has 0 aliphatic carbocycles. The molecule has 0 bridgehead atoms. The van der Waals surface area contributed by atoms with E-state index in [1.807, 2.05) is 31.2 Å². The number of benzene rings is 1. The zero-order valence-corrected chi connectivity index (χ0v) is 9.53. The molecule has 0 aliphatic rings. The van der Waals surface area contributed by atoms with Crippen molar-refractivity contribution in [2.75, 3.05) is 13.7 Å². The first-order valence-electron chi connectivity index (χ1n) is 5.18. The van der Waals surface area contributed by atoms with Gasteiger partial charge in [-0.25, -0.2) is 0 Å². The first-order valence-corrected chi connectivity index (χ1v) is 5.18. The third-order valence-corrected chi connectivity index (χ3v) is 2.40. The molecule has 0 heterocycles. The van der Waals surface area contributed by atoms with E-state index in [0.29, 0.717) is 0 Å². The lowest BCUT2D eigenvalue weighted by Gasteiger charge is -2.19. The molecular weight excluding hydrogens is 190 g/mol. The van der Waals surface area contributed by atoms with E-state index < -0.39 is 0 Å². The molecule has 2 N–H and O–H groups in total. The normalized spacial score (nSPS) is 14.7. The minimum absolute atomic E-state index is 0.103. The van der Waals surface area contributed by atoms with Crippen LogP contribution in [0.15, 0.2) is 24.3 Å². The van der Waals surface area contributed by atoms with E-state index in [1.165, 1.54) is 0 Å². The Kier molecular flexibility index (Phi) is 4.59. The molecule has 0 spiro atoms. The van der Waals surface area contributed by atoms with Gasteiger partial charge in [-0.1, -0.05) is 12.1 Å². The molecule has 1 aromatic rings. The third-order valence-electron chi connectivity index (χ3n) is 2.40. The SMILES string of the molecule is COc1cccc(C(C)NC(C)CO)c1. The molecule has 0 radical (unpaired) electrons. The Morgan fingerprint density at radius 2 is 2.13 bits per heavy atom. The molecule has 0 aromatic heterocycles. The maximum absolute atomic E-state index is 8.94. The topological polar surface area (TPSA) is 41.5 Å². The summed E-state index contributed by atoms with van der Waals surface area (Å²) in [5, 5.41) is 12.2. The van der Waals surface area contributed by atoms with Gasteiger partial charge in [0.1, 0.15) is 5.75 Å². The number of methoxy groups -OCH3 is 1. The van der Waals surface area contributed by atoms with Gasteiger partial charge in [-0.15, -0.1) is 0 Å². The number of ether oxygens (including phenoxy) is 1. The molecule has 1 aromatic carbocycles. The van der Waals surface area contributed by atoms with Crippen molar-refractivity contribution < 1.29 is 9.84 Å². The summed E-state index contributed by atoms with van der Waals surface area (Å²) in [5.74, 6) is 0.859. The van der Waals surface area contributed by atoms with Gasteiger partial charge in [-0.3, -0.25) is 0 Å². The van der Waals surface area contributed by atoms with Gasteiger partial charge in [0.2, 0.25) is 0 Å². The van der Waals surface area contributed by atoms with E-state index in [9.17, 15) is 0 Å². The summed E-state index contributed by atoms with van der Waals surface area (Å²) in [6, 6.07) is 8.25. The van der Waals surface area contributed by atoms with Crippen molar-refractivity contribution in [1.82, 2.24) is 5.32 Å². The molecule has 0 saturated heterocycles. The predicted octanol–water partition coefficient (Wildman–Crippen LogP) is 1.73. The smallest absolute Gasteiger partial charge is 0.119 e. The molecule has 3 heteroatoms. The summed E-state index contributed by atoms with van der Waals surface area (Å²) in [6.45, 7) is 4.17. The molecule has 0 aliphatic heterocycles. The maximum atomic E-state index is 8.94. The van der Waals surface area contributed by atoms with Crippen molar-refractivity contribution in [2.24, 2.45) is 0 Å². The average Bonchev–Trinajstić information content (AvgIpc) is 2.28. The highest BCUT2D eigenvalue weighted by molar-refractivity contribution is 5.30. The lowest BCUT2D eigenvalue weighted by Crippen LogP contribution is -2.31. The van der Waals surface area contributed by atoms with Crippen molar-refractivity contribution in [3.63, 3.8) is 0 Å². The molecule has 0 saturated carbocycles. The fraction of sp³-hybridized carbons (Fsp3) is 0.500. The van der Waals surface area contributed by atoms with E-state index in [1.54, 1.807) is 7.11 Å². The first-order chi connectivity index (χ1) is 7.17. The Morgan fingerprint density at radius 3 is 2.73 bits per heavy atom. The molecular formula is C12H19NO2. The van der Waals surface area contributed by atoms with Crippen LogP contribution < -0.4 is 10.1 Å². The summed E-state index contributed by atoms with van der Waals surface area (Å²) in [7, 11) is 1.66. The number of hydrogen-bond acceptors (Lipinski definition) is 3. The summed E-state index contributed by atoms with van der Waals surface area (Å²) < 4.78 is 5.16. The van der Waals surface area contributed by atoms with Gasteiger partial charge in [-0.2, -0.15) is 0 Å². The minimum atomic E-state index is 0.103. The van der Waals surface area contributed by atoms with Crippen LogP contribution in [0.3, 0.4) is 0 Å². The van der Waals surface area contributed by atoms with Crippen molar-refractivity contribution in [1.29, 1.82) is 0 Å². The van der Waals surface area contributed by atoms with Gasteiger partial charge in [0.25, 0.3) is 0 Å². The summed E-state index contributed by atoms with van der Waals surface area (Å²) in [6.07, 6.45) is 0. The standard InChI is InChI=1S/C12H19NO2/c1-9(8-14)13-10(2)11-5-4-6-12(7-11)15-3/h4-7,9-10,13-14H,8H2,1-3H3. The quantitative estimate of drug-likeness (QED) is 0.776. The number of rotatable bonds is 5. The van der Waals surface area contributed by atoms with Gasteiger partial charge in [-0.05, 0) is 31.5 Å². The summed E-state index contributed by atoms with van der Waals surface area (Å²) in [4.78, 5) is 0. The second-order valence-electron chi connectivity index (χ2n) is 3.75. The van der Waals surface area contributed by atoms with Crippen LogP contribution in [-0.4, -0.2) is 24.9 Å². The monoisotopic (exact) mass is 209 g/mol. The third kappa shape index (κ3) is 3.53. The Bertz CT molecular complexity index is 301. The van der Waals surface area contributed by atoms with Crippen LogP contribution in [-0.2, 0) is 0 Å². The fourth-order valence-corrected chi connectivity index (χ4v) is 1.49. The Hall–Kier alpha value is -1.06. The van der Waals surface area contributed by atoms with Gasteiger partial charge >= 0.3 is 0 Å². The van der Waals surface area contributed by atoms with Crippen molar-refractivity contribution in [2.45, 2.75) is 25.9 Å². The summed E-state index contributed by atoms with van der Waals surface area (Å²) >= 11 is 0. The number of aliphatic hydroxyl groups is 1. The van der Waals surface area contributed by atoms with Crippen LogP contribution in [0.1, 0.15) is 25.5 Å². The first kappa shape index (κ1) is 12.0. The fourth-order valence-electron chi connectivity index (χ4n) is 1.49. The van der Waals surface area contributed by atoms with E-state index >= 15 is 0 Å². The summed E-state index contributed by atoms with van der Waals surface area (Å²) in [5.41, 5.74) is 1.16. The molecule has 15 heavy (non-hydrogen) atoms. The van der Waals surface area contributed by atoms with Crippen molar-refractivity contribution >= 4 is 0 Å². The van der Waals surface area contributed by atoms with Crippen LogP contribution in [0.5, 0.6) is 5.75 Å². The van der Waals surface area contributed by atoms with Gasteiger partial charge in [0.15, 0.2) is 0 Å². The Morgan fingerprint density at radius 1 is 1.40 bits per heavy atom. The van der Waals surface area contributed by atoms with Gasteiger partial charge in [0.05, 0.1) is 13.7 Å².